The number of hydrogen-bond donors (Lipinski definition) is 0. The second-order valence-electron chi connectivity index (χ2n) is 12.7. The highest BCUT2D eigenvalue weighted by molar-refractivity contribution is 6.11. The van der Waals surface area contributed by atoms with Crippen molar-refractivity contribution in [2.45, 2.75) is 36.9 Å². The van der Waals surface area contributed by atoms with Crippen LogP contribution in [-0.4, -0.2) is 15.2 Å². The molecule has 3 heterocycles. The molecule has 0 amide bonds. The van der Waals surface area contributed by atoms with E-state index in [4.69, 9.17) is 4.74 Å². The summed E-state index contributed by atoms with van der Waals surface area (Å²) in [5.74, 6) is 1.41. The second kappa shape index (κ2) is 9.61. The van der Waals surface area contributed by atoms with Gasteiger partial charge in [0.05, 0.1) is 12.1 Å². The smallest absolute Gasteiger partial charge is 0.130 e. The van der Waals surface area contributed by atoms with Crippen LogP contribution in [0.2, 0.25) is 0 Å². The predicted molar refractivity (Wildman–Crippen MR) is 186 cm³/mol. The van der Waals surface area contributed by atoms with Crippen LogP contribution in [-0.2, 0) is 0 Å². The number of fused-ring (bicyclic) bond motifs is 9. The van der Waals surface area contributed by atoms with Gasteiger partial charge in [-0.2, -0.15) is 0 Å². The highest BCUT2D eigenvalue weighted by Crippen LogP contribution is 2.49. The topological polar surface area (TPSA) is 19.1 Å². The first-order chi connectivity index (χ1) is 22.3. The Labute approximate surface area is 262 Å². The van der Waals surface area contributed by atoms with Crippen LogP contribution in [0.15, 0.2) is 146 Å². The van der Waals surface area contributed by atoms with Gasteiger partial charge in [0, 0.05) is 55.1 Å². The van der Waals surface area contributed by atoms with Gasteiger partial charge >= 0.3 is 0 Å². The fourth-order valence-corrected chi connectivity index (χ4v) is 8.38. The van der Waals surface area contributed by atoms with Crippen LogP contribution in [0.5, 0.6) is 5.75 Å². The molecule has 45 heavy (non-hydrogen) atoms. The molecule has 2 aliphatic carbocycles. The Balaban J connectivity index is 1.12. The van der Waals surface area contributed by atoms with E-state index in [1.807, 2.05) is 0 Å². The van der Waals surface area contributed by atoms with Crippen LogP contribution < -0.4 is 4.74 Å². The molecule has 0 radical (unpaired) electrons. The lowest BCUT2D eigenvalue weighted by Gasteiger charge is -2.31. The van der Waals surface area contributed by atoms with Gasteiger partial charge in [0.15, 0.2) is 0 Å². The van der Waals surface area contributed by atoms with Gasteiger partial charge in [0.2, 0.25) is 0 Å². The van der Waals surface area contributed by atoms with Crippen molar-refractivity contribution in [1.29, 1.82) is 0 Å². The summed E-state index contributed by atoms with van der Waals surface area (Å²) in [4.78, 5) is 0. The van der Waals surface area contributed by atoms with Crippen LogP contribution in [0.1, 0.15) is 36.4 Å². The van der Waals surface area contributed by atoms with E-state index in [9.17, 15) is 0 Å². The highest BCUT2D eigenvalue weighted by atomic mass is 16.5. The largest absolute Gasteiger partial charge is 0.487 e. The Bertz CT molecular complexity index is 2400. The van der Waals surface area contributed by atoms with Crippen molar-refractivity contribution in [2.75, 3.05) is 0 Å². The first kappa shape index (κ1) is 25.1. The molecule has 0 saturated heterocycles. The summed E-state index contributed by atoms with van der Waals surface area (Å²) in [7, 11) is 0. The number of rotatable bonds is 3. The van der Waals surface area contributed by atoms with Gasteiger partial charge in [0.1, 0.15) is 11.9 Å². The van der Waals surface area contributed by atoms with Gasteiger partial charge in [-0.3, -0.25) is 0 Å². The molecule has 3 aliphatic rings. The maximum absolute atomic E-state index is 6.68. The Kier molecular flexibility index (Phi) is 5.36. The molecule has 216 valence electrons. The summed E-state index contributed by atoms with van der Waals surface area (Å²) >= 11 is 0. The summed E-state index contributed by atoms with van der Waals surface area (Å²) in [6.07, 6.45) is 15.8. The third-order valence-electron chi connectivity index (χ3n) is 10.4. The van der Waals surface area contributed by atoms with Crippen molar-refractivity contribution in [1.82, 2.24) is 9.13 Å². The molecule has 0 saturated carbocycles. The first-order valence-electron chi connectivity index (χ1n) is 16.1. The minimum Gasteiger partial charge on any atom is -0.487 e. The molecular formula is C42H32N2O. The number of aromatic nitrogens is 2. The van der Waals surface area contributed by atoms with E-state index in [1.54, 1.807) is 0 Å². The standard InChI is InChI=1S/C42H32N2O/c1-2-11-29(12-3-1)43-36-17-7-4-13-30(36)34-25-27(21-23-38(34)43)28-22-24-39-35(26-28)31-14-5-8-18-37(31)44(39)40-19-10-16-33-32-15-6-9-20-41(32)45-42(33)40/h1-11,13-15,17-26,29,33,40,42H,12,16H2. The number of para-hydroxylation sites is 3. The predicted octanol–water partition coefficient (Wildman–Crippen LogP) is 10.7. The average Bonchev–Trinajstić information content (AvgIpc) is 3.76. The lowest BCUT2D eigenvalue weighted by molar-refractivity contribution is 0.158. The lowest BCUT2D eigenvalue weighted by Crippen LogP contribution is -2.32. The van der Waals surface area contributed by atoms with Gasteiger partial charge in [0.25, 0.3) is 0 Å². The normalized spacial score (nSPS) is 22.0. The summed E-state index contributed by atoms with van der Waals surface area (Å²) in [6, 6.07) is 40.8. The number of benzene rings is 5. The number of ether oxygens (including phenoxy) is 1. The molecule has 7 aromatic rings. The van der Waals surface area contributed by atoms with E-state index in [0.717, 1.165) is 18.6 Å². The van der Waals surface area contributed by atoms with Crippen LogP contribution in [0, 0.1) is 0 Å². The van der Waals surface area contributed by atoms with Crippen molar-refractivity contribution in [3.05, 3.63) is 151 Å². The minimum absolute atomic E-state index is 0.0836. The van der Waals surface area contributed by atoms with Crippen molar-refractivity contribution in [3.8, 4) is 16.9 Å². The molecule has 2 aromatic heterocycles. The number of hydrogen-bond acceptors (Lipinski definition) is 1. The van der Waals surface area contributed by atoms with Crippen LogP contribution >= 0.6 is 0 Å². The Hall–Kier alpha value is -5.28. The van der Waals surface area contributed by atoms with Gasteiger partial charge in [-0.15, -0.1) is 0 Å². The monoisotopic (exact) mass is 580 g/mol. The zero-order valence-corrected chi connectivity index (χ0v) is 24.9. The van der Waals surface area contributed by atoms with Crippen molar-refractivity contribution >= 4 is 43.6 Å². The van der Waals surface area contributed by atoms with Gasteiger partial charge < -0.3 is 13.9 Å². The van der Waals surface area contributed by atoms with Crippen LogP contribution in [0.3, 0.4) is 0 Å². The van der Waals surface area contributed by atoms with Gasteiger partial charge in [-0.25, -0.2) is 0 Å². The molecule has 0 fully saturated rings. The Morgan fingerprint density at radius 1 is 0.533 bits per heavy atom. The maximum Gasteiger partial charge on any atom is 0.130 e. The maximum atomic E-state index is 6.68. The van der Waals surface area contributed by atoms with Gasteiger partial charge in [-0.1, -0.05) is 103 Å². The molecule has 10 rings (SSSR count). The van der Waals surface area contributed by atoms with Gasteiger partial charge in [-0.05, 0) is 66.4 Å². The van der Waals surface area contributed by atoms with Crippen molar-refractivity contribution in [3.63, 3.8) is 0 Å². The summed E-state index contributed by atoms with van der Waals surface area (Å²) in [5, 5.41) is 5.20. The molecular weight excluding hydrogens is 548 g/mol. The quantitative estimate of drug-likeness (QED) is 0.190. The lowest BCUT2D eigenvalue weighted by atomic mass is 9.84. The molecule has 0 spiro atoms. The zero-order chi connectivity index (χ0) is 29.5. The van der Waals surface area contributed by atoms with Crippen LogP contribution in [0.4, 0.5) is 0 Å². The van der Waals surface area contributed by atoms with E-state index in [0.29, 0.717) is 12.0 Å². The van der Waals surface area contributed by atoms with Crippen molar-refractivity contribution < 1.29 is 4.74 Å². The van der Waals surface area contributed by atoms with E-state index in [1.165, 1.54) is 60.3 Å². The van der Waals surface area contributed by atoms with E-state index < -0.39 is 0 Å². The fraction of sp³-hybridized carbons (Fsp3) is 0.143. The highest BCUT2D eigenvalue weighted by Gasteiger charge is 2.41. The summed E-state index contributed by atoms with van der Waals surface area (Å²) in [6.45, 7) is 0. The molecule has 0 bridgehead atoms. The minimum atomic E-state index is 0.0836. The Morgan fingerprint density at radius 2 is 1.18 bits per heavy atom. The van der Waals surface area contributed by atoms with E-state index >= 15 is 0 Å². The first-order valence-corrected chi connectivity index (χ1v) is 16.1. The SMILES string of the molecule is C1=CCC(n2c3ccccc3c3cc(-c4ccc5c(c4)c4ccccc4n5C4C=CCC5c6ccccc6OC54)ccc32)C=C1. The molecule has 1 aliphatic heterocycles. The zero-order valence-electron chi connectivity index (χ0n) is 24.9. The second-order valence-corrected chi connectivity index (χ2v) is 12.7. The van der Waals surface area contributed by atoms with Crippen molar-refractivity contribution in [2.24, 2.45) is 0 Å². The molecule has 5 aromatic carbocycles. The number of nitrogens with zero attached hydrogens (tertiary/aromatic N) is 2. The van der Waals surface area contributed by atoms with E-state index in [2.05, 4.69) is 155 Å². The average molecular weight is 581 g/mol. The van der Waals surface area contributed by atoms with Crippen LogP contribution in [0.25, 0.3) is 54.7 Å². The summed E-state index contributed by atoms with van der Waals surface area (Å²) in [5.41, 5.74) is 8.92. The fourth-order valence-electron chi connectivity index (χ4n) is 8.38. The summed E-state index contributed by atoms with van der Waals surface area (Å²) < 4.78 is 11.7. The molecule has 3 heteroatoms. The molecule has 4 unspecified atom stereocenters. The molecule has 4 atom stereocenters. The molecule has 0 N–H and O–H groups in total. The molecule has 3 nitrogen and oxygen atoms in total. The van der Waals surface area contributed by atoms with E-state index in [-0.39, 0.29) is 12.1 Å². The third kappa shape index (κ3) is 3.64. The number of allylic oxidation sites excluding steroid dienone is 5. The Morgan fingerprint density at radius 3 is 1.91 bits per heavy atom. The third-order valence-corrected chi connectivity index (χ3v) is 10.4.